The van der Waals surface area contributed by atoms with Gasteiger partial charge in [-0.15, -0.1) is 0 Å². The molecule has 1 aliphatic carbocycles. The summed E-state index contributed by atoms with van der Waals surface area (Å²) in [5.74, 6) is 0.677. The van der Waals surface area contributed by atoms with E-state index in [-0.39, 0.29) is 5.78 Å². The molecule has 1 atom stereocenters. The van der Waals surface area contributed by atoms with E-state index in [9.17, 15) is 4.79 Å². The van der Waals surface area contributed by atoms with Crippen LogP contribution in [0, 0.1) is 12.8 Å². The molecule has 1 fully saturated rings. The second kappa shape index (κ2) is 6.74. The van der Waals surface area contributed by atoms with Crippen LogP contribution in [0.4, 0.5) is 0 Å². The van der Waals surface area contributed by atoms with Crippen molar-refractivity contribution in [2.75, 3.05) is 0 Å². The van der Waals surface area contributed by atoms with Gasteiger partial charge in [0.05, 0.1) is 0 Å². The highest BCUT2D eigenvalue weighted by atomic mass is 16.1. The van der Waals surface area contributed by atoms with Gasteiger partial charge in [-0.05, 0) is 37.7 Å². The van der Waals surface area contributed by atoms with Crippen LogP contribution in [0.5, 0.6) is 0 Å². The highest BCUT2D eigenvalue weighted by Crippen LogP contribution is 2.35. The molecule has 1 unspecified atom stereocenters. The van der Waals surface area contributed by atoms with Gasteiger partial charge in [0.1, 0.15) is 0 Å². The first-order valence-corrected chi connectivity index (χ1v) is 8.08. The number of aryl methyl sites for hydroxylation is 1. The van der Waals surface area contributed by atoms with Gasteiger partial charge in [-0.2, -0.15) is 0 Å². The summed E-state index contributed by atoms with van der Waals surface area (Å²) in [6, 6.07) is 18.3. The quantitative estimate of drug-likeness (QED) is 0.684. The molecule has 0 amide bonds. The van der Waals surface area contributed by atoms with Crippen molar-refractivity contribution in [1.82, 2.24) is 0 Å². The maximum atomic E-state index is 12.4. The number of carbonyl (C=O) groups excluding carboxylic acids is 1. The third kappa shape index (κ3) is 3.54. The van der Waals surface area contributed by atoms with Crippen LogP contribution in [-0.4, -0.2) is 5.78 Å². The largest absolute Gasteiger partial charge is 0.294 e. The molecule has 2 aromatic rings. The van der Waals surface area contributed by atoms with Crippen molar-refractivity contribution >= 4 is 11.9 Å². The lowest BCUT2D eigenvalue weighted by Gasteiger charge is -2.11. The Morgan fingerprint density at radius 3 is 2.55 bits per heavy atom. The second-order valence-electron chi connectivity index (χ2n) is 6.21. The molecule has 1 nitrogen and oxygen atoms in total. The number of rotatable bonds is 4. The summed E-state index contributed by atoms with van der Waals surface area (Å²) in [5.41, 5.74) is 4.81. The standard InChI is InChI=1S/C21H22O/c1-16-10-12-17(13-11-16)14-19-8-5-9-20(19)15-21(22)18-6-3-2-4-7-18/h2-4,6-7,10-14,20H,5,8-9,15H2,1H3/b19-14-. The van der Waals surface area contributed by atoms with E-state index in [2.05, 4.69) is 37.3 Å². The molecular weight excluding hydrogens is 268 g/mol. The minimum atomic E-state index is 0.266. The Morgan fingerprint density at radius 2 is 1.82 bits per heavy atom. The van der Waals surface area contributed by atoms with Gasteiger partial charge in [-0.1, -0.05) is 71.8 Å². The third-order valence-electron chi connectivity index (χ3n) is 4.50. The molecular formula is C21H22O. The number of allylic oxidation sites excluding steroid dienone is 1. The topological polar surface area (TPSA) is 17.1 Å². The Bertz CT molecular complexity index is 665. The molecule has 3 rings (SSSR count). The average Bonchev–Trinajstić information content (AvgIpc) is 2.97. The zero-order valence-electron chi connectivity index (χ0n) is 13.1. The summed E-state index contributed by atoms with van der Waals surface area (Å²) >= 11 is 0. The van der Waals surface area contributed by atoms with Crippen LogP contribution in [-0.2, 0) is 0 Å². The van der Waals surface area contributed by atoms with Crippen molar-refractivity contribution in [1.29, 1.82) is 0 Å². The number of carbonyl (C=O) groups is 1. The van der Waals surface area contributed by atoms with Gasteiger partial charge in [0.15, 0.2) is 5.78 Å². The van der Waals surface area contributed by atoms with Gasteiger partial charge in [-0.25, -0.2) is 0 Å². The summed E-state index contributed by atoms with van der Waals surface area (Å²) in [6.45, 7) is 2.10. The minimum Gasteiger partial charge on any atom is -0.294 e. The lowest BCUT2D eigenvalue weighted by atomic mass is 9.92. The van der Waals surface area contributed by atoms with E-state index in [4.69, 9.17) is 0 Å². The summed E-state index contributed by atoms with van der Waals surface area (Å²) in [7, 11) is 0. The molecule has 1 saturated carbocycles. The van der Waals surface area contributed by atoms with Crippen LogP contribution in [0.25, 0.3) is 6.08 Å². The number of Topliss-reactive ketones (excluding diaryl/α,β-unsaturated/α-hetero) is 1. The van der Waals surface area contributed by atoms with E-state index in [0.717, 1.165) is 18.4 Å². The van der Waals surface area contributed by atoms with Crippen LogP contribution in [0.15, 0.2) is 60.2 Å². The van der Waals surface area contributed by atoms with Gasteiger partial charge in [0.25, 0.3) is 0 Å². The molecule has 0 spiro atoms. The van der Waals surface area contributed by atoms with E-state index < -0.39 is 0 Å². The predicted molar refractivity (Wildman–Crippen MR) is 91.9 cm³/mol. The van der Waals surface area contributed by atoms with Gasteiger partial charge in [0, 0.05) is 12.0 Å². The summed E-state index contributed by atoms with van der Waals surface area (Å²) in [5, 5.41) is 0. The van der Waals surface area contributed by atoms with Crippen LogP contribution in [0.1, 0.15) is 47.2 Å². The minimum absolute atomic E-state index is 0.266. The fourth-order valence-corrected chi connectivity index (χ4v) is 3.21. The third-order valence-corrected chi connectivity index (χ3v) is 4.50. The first-order chi connectivity index (χ1) is 10.7. The summed E-state index contributed by atoms with van der Waals surface area (Å²) in [6.07, 6.45) is 6.39. The highest BCUT2D eigenvalue weighted by molar-refractivity contribution is 5.96. The molecule has 0 aromatic heterocycles. The number of ketones is 1. The van der Waals surface area contributed by atoms with Gasteiger partial charge < -0.3 is 0 Å². The molecule has 0 N–H and O–H groups in total. The molecule has 0 radical (unpaired) electrons. The fraction of sp³-hybridized carbons (Fsp3) is 0.286. The lowest BCUT2D eigenvalue weighted by Crippen LogP contribution is -2.07. The Balaban J connectivity index is 1.73. The van der Waals surface area contributed by atoms with Crippen LogP contribution >= 0.6 is 0 Å². The molecule has 2 aromatic carbocycles. The van der Waals surface area contributed by atoms with Crippen molar-refractivity contribution in [2.45, 2.75) is 32.6 Å². The van der Waals surface area contributed by atoms with Crippen molar-refractivity contribution in [2.24, 2.45) is 5.92 Å². The Labute approximate surface area is 132 Å². The van der Waals surface area contributed by atoms with Crippen molar-refractivity contribution in [3.05, 3.63) is 76.9 Å². The zero-order chi connectivity index (χ0) is 15.4. The SMILES string of the molecule is Cc1ccc(/C=C2/CCCC2CC(=O)c2ccccc2)cc1. The molecule has 0 bridgehead atoms. The molecule has 1 aliphatic rings. The van der Waals surface area contributed by atoms with Gasteiger partial charge >= 0.3 is 0 Å². The van der Waals surface area contributed by atoms with E-state index in [1.807, 2.05) is 30.3 Å². The van der Waals surface area contributed by atoms with E-state index in [0.29, 0.717) is 12.3 Å². The first kappa shape index (κ1) is 14.8. The van der Waals surface area contributed by atoms with Crippen LogP contribution in [0.3, 0.4) is 0 Å². The number of hydrogen-bond donors (Lipinski definition) is 0. The van der Waals surface area contributed by atoms with E-state index in [1.54, 1.807) is 0 Å². The molecule has 112 valence electrons. The van der Waals surface area contributed by atoms with Gasteiger partial charge in [-0.3, -0.25) is 4.79 Å². The monoisotopic (exact) mass is 290 g/mol. The van der Waals surface area contributed by atoms with Crippen molar-refractivity contribution < 1.29 is 4.79 Å². The Morgan fingerprint density at radius 1 is 1.09 bits per heavy atom. The average molecular weight is 290 g/mol. The maximum absolute atomic E-state index is 12.4. The van der Waals surface area contributed by atoms with E-state index >= 15 is 0 Å². The fourth-order valence-electron chi connectivity index (χ4n) is 3.21. The lowest BCUT2D eigenvalue weighted by molar-refractivity contribution is 0.0968. The molecule has 0 saturated heterocycles. The van der Waals surface area contributed by atoms with Crippen LogP contribution in [0.2, 0.25) is 0 Å². The molecule has 1 heteroatoms. The maximum Gasteiger partial charge on any atom is 0.163 e. The smallest absolute Gasteiger partial charge is 0.163 e. The van der Waals surface area contributed by atoms with Gasteiger partial charge in [0.2, 0.25) is 0 Å². The summed E-state index contributed by atoms with van der Waals surface area (Å²) in [4.78, 5) is 12.4. The molecule has 0 aliphatic heterocycles. The first-order valence-electron chi connectivity index (χ1n) is 8.08. The van der Waals surface area contributed by atoms with Crippen molar-refractivity contribution in [3.8, 4) is 0 Å². The second-order valence-corrected chi connectivity index (χ2v) is 6.21. The number of hydrogen-bond acceptors (Lipinski definition) is 1. The normalized spacial score (nSPS) is 19.5. The Kier molecular flexibility index (Phi) is 4.53. The summed E-state index contributed by atoms with van der Waals surface area (Å²) < 4.78 is 0. The Hall–Kier alpha value is -2.15. The highest BCUT2D eigenvalue weighted by Gasteiger charge is 2.23. The molecule has 0 heterocycles. The van der Waals surface area contributed by atoms with E-state index in [1.165, 1.54) is 23.1 Å². The van der Waals surface area contributed by atoms with Crippen LogP contribution < -0.4 is 0 Å². The van der Waals surface area contributed by atoms with Crippen molar-refractivity contribution in [3.63, 3.8) is 0 Å². The zero-order valence-corrected chi connectivity index (χ0v) is 13.1. The predicted octanol–water partition coefficient (Wildman–Crippen LogP) is 5.45. The molecule has 22 heavy (non-hydrogen) atoms. The number of benzene rings is 2.